The Bertz CT molecular complexity index is 1640. The highest BCUT2D eigenvalue weighted by molar-refractivity contribution is 7.91. The normalized spacial score (nSPS) is 13.0. The molecule has 1 heterocycles. The molecular weight excluding hydrogens is 518 g/mol. The van der Waals surface area contributed by atoms with Gasteiger partial charge in [0.1, 0.15) is 11.4 Å². The number of carbonyl (C=O) groups excluding carboxylic acids is 1. The third-order valence-electron chi connectivity index (χ3n) is 6.63. The summed E-state index contributed by atoms with van der Waals surface area (Å²) in [5, 5.41) is 11.6. The summed E-state index contributed by atoms with van der Waals surface area (Å²) in [6.45, 7) is 1.19. The minimum absolute atomic E-state index is 0.0421. The van der Waals surface area contributed by atoms with Gasteiger partial charge in [0.15, 0.2) is 0 Å². The molecule has 39 heavy (non-hydrogen) atoms. The second kappa shape index (κ2) is 10.6. The van der Waals surface area contributed by atoms with Crippen molar-refractivity contribution in [3.63, 3.8) is 0 Å². The lowest BCUT2D eigenvalue weighted by molar-refractivity contribution is -0.384. The van der Waals surface area contributed by atoms with Gasteiger partial charge in [-0.05, 0) is 79.1 Å². The van der Waals surface area contributed by atoms with Crippen LogP contribution in [0.1, 0.15) is 27.9 Å². The van der Waals surface area contributed by atoms with E-state index in [0.717, 1.165) is 24.2 Å². The number of esters is 1. The van der Waals surface area contributed by atoms with Crippen molar-refractivity contribution >= 4 is 32.9 Å². The molecule has 10 heteroatoms. The number of nitrogens with two attached hydrogens (primary N) is 1. The van der Waals surface area contributed by atoms with Crippen molar-refractivity contribution < 1.29 is 22.9 Å². The second-order valence-electron chi connectivity index (χ2n) is 9.16. The van der Waals surface area contributed by atoms with E-state index in [9.17, 15) is 23.3 Å². The van der Waals surface area contributed by atoms with Gasteiger partial charge in [-0.15, -0.1) is 0 Å². The lowest BCUT2D eigenvalue weighted by atomic mass is 9.98. The van der Waals surface area contributed by atoms with Gasteiger partial charge in [-0.1, -0.05) is 30.3 Å². The number of hydrogen-bond acceptors (Lipinski definition) is 8. The number of nitrogen functional groups attached to an aromatic ring is 1. The van der Waals surface area contributed by atoms with Gasteiger partial charge in [-0.2, -0.15) is 0 Å². The van der Waals surface area contributed by atoms with Gasteiger partial charge in [0.25, 0.3) is 5.69 Å². The lowest BCUT2D eigenvalue weighted by Gasteiger charge is -2.31. The standard InChI is InChI=1S/C29H25N3O6S/c30-26-16-17-27-25(28(26)32(34)35)7-4-18-31(27)19-20-8-12-23(13-9-20)39(36,37)24-14-10-22(11-15-24)38-29(33)21-5-2-1-3-6-21/h1-3,5-6,8-17H,4,7,18-19,30H2. The summed E-state index contributed by atoms with van der Waals surface area (Å²) in [7, 11) is -3.80. The largest absolute Gasteiger partial charge is 0.423 e. The van der Waals surface area contributed by atoms with Gasteiger partial charge in [0.05, 0.1) is 25.8 Å². The first-order valence-electron chi connectivity index (χ1n) is 12.3. The predicted molar refractivity (Wildman–Crippen MR) is 147 cm³/mol. The van der Waals surface area contributed by atoms with Crippen molar-refractivity contribution in [3.05, 3.63) is 118 Å². The monoisotopic (exact) mass is 543 g/mol. The molecular formula is C29H25N3O6S. The first kappa shape index (κ1) is 25.9. The molecule has 0 amide bonds. The van der Waals surface area contributed by atoms with Crippen molar-refractivity contribution in [2.75, 3.05) is 17.2 Å². The van der Waals surface area contributed by atoms with E-state index in [1.54, 1.807) is 66.7 Å². The van der Waals surface area contributed by atoms with Crippen LogP contribution in [0, 0.1) is 10.1 Å². The van der Waals surface area contributed by atoms with Crippen molar-refractivity contribution in [1.29, 1.82) is 0 Å². The van der Waals surface area contributed by atoms with Crippen molar-refractivity contribution in [3.8, 4) is 5.75 Å². The Labute approximate surface area is 225 Å². The predicted octanol–water partition coefficient (Wildman–Crippen LogP) is 5.18. The molecule has 0 fully saturated rings. The Morgan fingerprint density at radius 1 is 0.923 bits per heavy atom. The summed E-state index contributed by atoms with van der Waals surface area (Å²) in [5.41, 5.74) is 8.63. The third-order valence-corrected chi connectivity index (χ3v) is 8.41. The summed E-state index contributed by atoms with van der Waals surface area (Å²) < 4.78 is 31.7. The van der Waals surface area contributed by atoms with Gasteiger partial charge in [0, 0.05) is 18.8 Å². The maximum atomic E-state index is 13.2. The molecule has 0 atom stereocenters. The van der Waals surface area contributed by atoms with Crippen LogP contribution in [0.4, 0.5) is 17.1 Å². The van der Waals surface area contributed by atoms with Crippen LogP contribution in [0.5, 0.6) is 5.75 Å². The van der Waals surface area contributed by atoms with Crippen molar-refractivity contribution in [1.82, 2.24) is 0 Å². The molecule has 0 saturated carbocycles. The van der Waals surface area contributed by atoms with Gasteiger partial charge >= 0.3 is 5.97 Å². The highest BCUT2D eigenvalue weighted by Crippen LogP contribution is 2.38. The molecule has 4 aromatic carbocycles. The molecule has 0 unspecified atom stereocenters. The van der Waals surface area contributed by atoms with Crippen LogP contribution in [-0.4, -0.2) is 25.9 Å². The Hall–Kier alpha value is -4.70. The van der Waals surface area contributed by atoms with Gasteiger partial charge in [-0.25, -0.2) is 13.2 Å². The zero-order valence-electron chi connectivity index (χ0n) is 20.8. The number of sulfone groups is 1. The fourth-order valence-electron chi connectivity index (χ4n) is 4.69. The molecule has 0 aromatic heterocycles. The molecule has 1 aliphatic rings. The zero-order chi connectivity index (χ0) is 27.6. The summed E-state index contributed by atoms with van der Waals surface area (Å²) in [6.07, 6.45) is 1.33. The fourth-order valence-corrected chi connectivity index (χ4v) is 5.95. The van der Waals surface area contributed by atoms with E-state index in [0.29, 0.717) is 24.1 Å². The number of carbonyl (C=O) groups is 1. The Morgan fingerprint density at radius 3 is 2.21 bits per heavy atom. The second-order valence-corrected chi connectivity index (χ2v) is 11.1. The van der Waals surface area contributed by atoms with Gasteiger partial charge in [0.2, 0.25) is 9.84 Å². The highest BCUT2D eigenvalue weighted by atomic mass is 32.2. The average molecular weight is 544 g/mol. The van der Waals surface area contributed by atoms with Crippen LogP contribution in [0.2, 0.25) is 0 Å². The molecule has 0 spiro atoms. The van der Waals surface area contributed by atoms with Crippen molar-refractivity contribution in [2.45, 2.75) is 29.2 Å². The van der Waals surface area contributed by atoms with Crippen LogP contribution >= 0.6 is 0 Å². The molecule has 4 aromatic rings. The molecule has 0 bridgehead atoms. The van der Waals surface area contributed by atoms with E-state index in [1.165, 1.54) is 24.3 Å². The Kier molecular flexibility index (Phi) is 7.03. The lowest BCUT2D eigenvalue weighted by Crippen LogP contribution is -2.29. The summed E-state index contributed by atoms with van der Waals surface area (Å²) >= 11 is 0. The number of fused-ring (bicyclic) bond motifs is 1. The molecule has 2 N–H and O–H groups in total. The van der Waals surface area contributed by atoms with E-state index < -0.39 is 20.7 Å². The minimum atomic E-state index is -3.80. The zero-order valence-corrected chi connectivity index (χ0v) is 21.6. The molecule has 5 rings (SSSR count). The first-order valence-corrected chi connectivity index (χ1v) is 13.7. The number of nitro benzene ring substituents is 1. The summed E-state index contributed by atoms with van der Waals surface area (Å²) in [6, 6.07) is 24.1. The number of hydrogen-bond donors (Lipinski definition) is 1. The fraction of sp³-hybridized carbons (Fsp3) is 0.138. The number of anilines is 2. The molecule has 0 saturated heterocycles. The molecule has 0 aliphatic carbocycles. The van der Waals surface area contributed by atoms with E-state index in [4.69, 9.17) is 10.5 Å². The van der Waals surface area contributed by atoms with Crippen LogP contribution in [0.15, 0.2) is 101 Å². The summed E-state index contributed by atoms with van der Waals surface area (Å²) in [4.78, 5) is 25.6. The Balaban J connectivity index is 1.30. The third kappa shape index (κ3) is 5.32. The van der Waals surface area contributed by atoms with Gasteiger partial charge in [-0.3, -0.25) is 10.1 Å². The topological polar surface area (TPSA) is 133 Å². The van der Waals surface area contributed by atoms with Crippen LogP contribution in [0.3, 0.4) is 0 Å². The maximum absolute atomic E-state index is 13.2. The number of rotatable bonds is 7. The minimum Gasteiger partial charge on any atom is -0.423 e. The number of ether oxygens (including phenoxy) is 1. The first-order chi connectivity index (χ1) is 18.7. The molecule has 0 radical (unpaired) electrons. The van der Waals surface area contributed by atoms with Crippen molar-refractivity contribution in [2.24, 2.45) is 0 Å². The summed E-state index contributed by atoms with van der Waals surface area (Å²) in [5.74, 6) is -0.293. The van der Waals surface area contributed by atoms with E-state index in [1.807, 2.05) is 4.90 Å². The Morgan fingerprint density at radius 2 is 1.56 bits per heavy atom. The van der Waals surface area contributed by atoms with Gasteiger partial charge < -0.3 is 15.4 Å². The average Bonchev–Trinajstić information content (AvgIpc) is 2.94. The smallest absolute Gasteiger partial charge is 0.343 e. The SMILES string of the molecule is Nc1ccc2c(c1[N+](=O)[O-])CCCN2Cc1ccc(S(=O)(=O)c2ccc(OC(=O)c3ccccc3)cc2)cc1. The molecule has 198 valence electrons. The number of nitro groups is 1. The number of nitrogens with zero attached hydrogens (tertiary/aromatic N) is 2. The molecule has 9 nitrogen and oxygen atoms in total. The highest BCUT2D eigenvalue weighted by Gasteiger charge is 2.27. The molecule has 1 aliphatic heterocycles. The van der Waals surface area contributed by atoms with E-state index in [2.05, 4.69) is 0 Å². The van der Waals surface area contributed by atoms with Crippen LogP contribution in [0.25, 0.3) is 0 Å². The van der Waals surface area contributed by atoms with E-state index in [-0.39, 0.29) is 26.9 Å². The quantitative estimate of drug-likeness (QED) is 0.111. The van der Waals surface area contributed by atoms with E-state index >= 15 is 0 Å². The van der Waals surface area contributed by atoms with Crippen LogP contribution in [-0.2, 0) is 22.8 Å². The number of benzene rings is 4. The van der Waals surface area contributed by atoms with Crippen LogP contribution < -0.4 is 15.4 Å². The maximum Gasteiger partial charge on any atom is 0.343 e.